The van der Waals surface area contributed by atoms with Crippen molar-refractivity contribution in [2.24, 2.45) is 10.5 Å². The molecule has 1 aliphatic carbocycles. The van der Waals surface area contributed by atoms with E-state index < -0.39 is 23.0 Å². The van der Waals surface area contributed by atoms with Gasteiger partial charge in [0.2, 0.25) is 0 Å². The summed E-state index contributed by atoms with van der Waals surface area (Å²) in [6, 6.07) is 3.63. The van der Waals surface area contributed by atoms with E-state index >= 15 is 0 Å². The van der Waals surface area contributed by atoms with Crippen molar-refractivity contribution in [3.63, 3.8) is 0 Å². The molecular formula is C23H26ClFN6O4. The number of benzene rings is 1. The number of methoxy groups -OCH3 is 1. The smallest absolute Gasteiger partial charge is 0.272 e. The molecule has 3 N–H and O–H groups in total. The molecule has 1 aromatic heterocycles. The van der Waals surface area contributed by atoms with Gasteiger partial charge >= 0.3 is 0 Å². The maximum atomic E-state index is 13.5. The lowest BCUT2D eigenvalue weighted by Gasteiger charge is -2.36. The molecule has 12 heteroatoms. The van der Waals surface area contributed by atoms with Gasteiger partial charge in [-0.05, 0) is 50.8 Å². The average molecular weight is 505 g/mol. The van der Waals surface area contributed by atoms with E-state index in [9.17, 15) is 18.8 Å². The Morgan fingerprint density at radius 3 is 2.74 bits per heavy atom. The van der Waals surface area contributed by atoms with Crippen molar-refractivity contribution >= 4 is 40.7 Å². The van der Waals surface area contributed by atoms with Gasteiger partial charge in [0.25, 0.3) is 17.7 Å². The Kier molecular flexibility index (Phi) is 7.18. The number of amides is 3. The third-order valence-corrected chi connectivity index (χ3v) is 6.83. The molecule has 0 radical (unpaired) electrons. The number of hydrazone groups is 1. The molecule has 2 aromatic rings. The minimum absolute atomic E-state index is 0.00616. The molecule has 4 rings (SSSR count). The molecule has 10 nitrogen and oxygen atoms in total. The lowest BCUT2D eigenvalue weighted by molar-refractivity contribution is -0.125. The van der Waals surface area contributed by atoms with Crippen LogP contribution in [0.1, 0.15) is 53.6 Å². The van der Waals surface area contributed by atoms with Gasteiger partial charge in [-0.25, -0.2) is 9.37 Å². The van der Waals surface area contributed by atoms with Crippen LogP contribution in [0, 0.1) is 11.2 Å². The first kappa shape index (κ1) is 24.8. The summed E-state index contributed by atoms with van der Waals surface area (Å²) in [5.41, 5.74) is 0.287. The van der Waals surface area contributed by atoms with E-state index in [1.165, 1.54) is 30.6 Å². The number of halogens is 2. The van der Waals surface area contributed by atoms with E-state index in [2.05, 4.69) is 25.7 Å². The Morgan fingerprint density at radius 2 is 2.06 bits per heavy atom. The van der Waals surface area contributed by atoms with E-state index in [1.54, 1.807) is 6.92 Å². The van der Waals surface area contributed by atoms with Gasteiger partial charge in [-0.3, -0.25) is 14.4 Å². The van der Waals surface area contributed by atoms with Crippen molar-refractivity contribution in [1.29, 1.82) is 0 Å². The third-order valence-electron chi connectivity index (χ3n) is 6.53. The summed E-state index contributed by atoms with van der Waals surface area (Å²) in [4.78, 5) is 45.2. The first-order chi connectivity index (χ1) is 16.8. The zero-order chi connectivity index (χ0) is 25.2. The van der Waals surface area contributed by atoms with E-state index in [-0.39, 0.29) is 28.4 Å². The van der Waals surface area contributed by atoms with Crippen LogP contribution in [-0.2, 0) is 9.53 Å². The van der Waals surface area contributed by atoms with Gasteiger partial charge in [0, 0.05) is 19.7 Å². The fourth-order valence-electron chi connectivity index (χ4n) is 4.54. The molecule has 0 bridgehead atoms. The quantitative estimate of drug-likeness (QED) is 0.499. The predicted molar refractivity (Wildman–Crippen MR) is 127 cm³/mol. The summed E-state index contributed by atoms with van der Waals surface area (Å²) in [5.74, 6) is -1.62. The summed E-state index contributed by atoms with van der Waals surface area (Å²) >= 11 is 6.16. The van der Waals surface area contributed by atoms with Crippen LogP contribution < -0.4 is 15.6 Å². The highest BCUT2D eigenvalue weighted by molar-refractivity contribution is 6.34. The summed E-state index contributed by atoms with van der Waals surface area (Å²) in [6.45, 7) is 2.43. The van der Waals surface area contributed by atoms with Crippen LogP contribution in [0.5, 0.6) is 0 Å². The van der Waals surface area contributed by atoms with Gasteiger partial charge in [0.05, 0.1) is 34.8 Å². The second kappa shape index (κ2) is 10.1. The van der Waals surface area contributed by atoms with Crippen LogP contribution in [0.2, 0.25) is 5.02 Å². The molecular weight excluding hydrogens is 479 g/mol. The number of H-pyrrole nitrogens is 1. The Labute approximate surface area is 206 Å². The second-order valence-corrected chi connectivity index (χ2v) is 9.01. The van der Waals surface area contributed by atoms with Gasteiger partial charge < -0.3 is 20.4 Å². The first-order valence-corrected chi connectivity index (χ1v) is 11.6. The second-order valence-electron chi connectivity index (χ2n) is 8.60. The van der Waals surface area contributed by atoms with Crippen LogP contribution in [0.3, 0.4) is 0 Å². The van der Waals surface area contributed by atoms with Crippen LogP contribution >= 0.6 is 11.6 Å². The molecule has 186 valence electrons. The number of ether oxygens (including phenoxy) is 1. The van der Waals surface area contributed by atoms with Crippen molar-refractivity contribution in [2.45, 2.75) is 38.6 Å². The largest absolute Gasteiger partial charge is 0.383 e. The summed E-state index contributed by atoms with van der Waals surface area (Å²) < 4.78 is 18.4. The maximum absolute atomic E-state index is 13.5. The number of nitrogens with zero attached hydrogens (tertiary/aromatic N) is 3. The number of aromatic amines is 1. The van der Waals surface area contributed by atoms with Crippen LogP contribution in [-0.4, -0.2) is 59.7 Å². The molecule has 0 saturated heterocycles. The monoisotopic (exact) mass is 504 g/mol. The third kappa shape index (κ3) is 4.78. The van der Waals surface area contributed by atoms with Gasteiger partial charge in [-0.2, -0.15) is 10.1 Å². The number of rotatable bonds is 7. The number of hydrogen-bond donors (Lipinski definition) is 3. The Morgan fingerprint density at radius 1 is 1.31 bits per heavy atom. The number of aromatic nitrogens is 2. The highest BCUT2D eigenvalue weighted by Gasteiger charge is 2.51. The summed E-state index contributed by atoms with van der Waals surface area (Å²) in [7, 11) is 1.52. The Hall–Kier alpha value is -3.31. The molecule has 2 heterocycles. The van der Waals surface area contributed by atoms with Gasteiger partial charge in [-0.1, -0.05) is 11.6 Å². The predicted octanol–water partition coefficient (Wildman–Crippen LogP) is 2.66. The molecule has 1 aromatic carbocycles. The maximum Gasteiger partial charge on any atom is 0.272 e. The number of imidazole rings is 1. The molecule has 3 amide bonds. The standard InChI is InChI=1S/C23H26ClFN6O4/c1-13-23(22(34)31(30-13)17-4-3-14(25)11-16(17)24)7-5-15(6-8-23)29-21(33)19-18(27-12-28-19)20(32)26-9-10-35-2/h3-4,11-12,15H,5-10H2,1-2H3,(H,26,32)(H,27,28)(H,29,33)/t15-,23-. The van der Waals surface area contributed by atoms with E-state index in [0.717, 1.165) is 6.07 Å². The minimum atomic E-state index is -0.792. The molecule has 35 heavy (non-hydrogen) atoms. The number of carbonyl (C=O) groups excluding carboxylic acids is 3. The lowest BCUT2D eigenvalue weighted by Crippen LogP contribution is -2.47. The fraction of sp³-hybridized carbons (Fsp3) is 0.435. The molecule has 0 atom stereocenters. The fourth-order valence-corrected chi connectivity index (χ4v) is 4.79. The number of anilines is 1. The van der Waals surface area contributed by atoms with Gasteiger partial charge in [0.15, 0.2) is 5.69 Å². The van der Waals surface area contributed by atoms with Gasteiger partial charge in [-0.15, -0.1) is 0 Å². The van der Waals surface area contributed by atoms with Crippen molar-refractivity contribution in [1.82, 2.24) is 20.6 Å². The SMILES string of the molecule is COCCNC(=O)c1nc[nH]c1C(=O)N[C@H]1CC[C@@]2(CC1)C(=O)N(c1ccc(F)cc1Cl)N=C2C. The van der Waals surface area contributed by atoms with Gasteiger partial charge in [0.1, 0.15) is 11.5 Å². The highest BCUT2D eigenvalue weighted by atomic mass is 35.5. The van der Waals surface area contributed by atoms with Crippen LogP contribution in [0.25, 0.3) is 0 Å². The Bertz CT molecular complexity index is 1170. The molecule has 0 unspecified atom stereocenters. The lowest BCUT2D eigenvalue weighted by atomic mass is 9.69. The molecule has 1 spiro atoms. The normalized spacial score (nSPS) is 21.8. The van der Waals surface area contributed by atoms with E-state index in [0.29, 0.717) is 50.2 Å². The topological polar surface area (TPSA) is 129 Å². The zero-order valence-corrected chi connectivity index (χ0v) is 20.1. The number of nitrogens with one attached hydrogen (secondary N) is 3. The van der Waals surface area contributed by atoms with Crippen molar-refractivity contribution in [3.8, 4) is 0 Å². The van der Waals surface area contributed by atoms with Crippen molar-refractivity contribution in [3.05, 3.63) is 46.8 Å². The van der Waals surface area contributed by atoms with E-state index in [4.69, 9.17) is 16.3 Å². The molecule has 1 aliphatic heterocycles. The van der Waals surface area contributed by atoms with E-state index in [1.807, 2.05) is 0 Å². The summed E-state index contributed by atoms with van der Waals surface area (Å²) in [6.07, 6.45) is 3.34. The average Bonchev–Trinajstić information content (AvgIpc) is 3.41. The minimum Gasteiger partial charge on any atom is -0.383 e. The van der Waals surface area contributed by atoms with Crippen molar-refractivity contribution in [2.75, 3.05) is 25.3 Å². The molecule has 1 saturated carbocycles. The van der Waals surface area contributed by atoms with Crippen LogP contribution in [0.4, 0.5) is 10.1 Å². The zero-order valence-electron chi connectivity index (χ0n) is 19.4. The number of hydrogen-bond acceptors (Lipinski definition) is 6. The summed E-state index contributed by atoms with van der Waals surface area (Å²) in [5, 5.41) is 11.4. The van der Waals surface area contributed by atoms with Crippen molar-refractivity contribution < 1.29 is 23.5 Å². The van der Waals surface area contributed by atoms with Crippen LogP contribution in [0.15, 0.2) is 29.6 Å². The first-order valence-electron chi connectivity index (χ1n) is 11.2. The highest BCUT2D eigenvalue weighted by Crippen LogP contribution is 2.45. The molecule has 1 fully saturated rings. The number of carbonyl (C=O) groups is 3. The molecule has 2 aliphatic rings. The Balaban J connectivity index is 1.39.